The van der Waals surface area contributed by atoms with Crippen molar-refractivity contribution in [2.75, 3.05) is 5.73 Å². The Bertz CT molecular complexity index is 750. The Morgan fingerprint density at radius 3 is 3.00 bits per heavy atom. The summed E-state index contributed by atoms with van der Waals surface area (Å²) in [5.41, 5.74) is 8.68. The molecule has 0 radical (unpaired) electrons. The van der Waals surface area contributed by atoms with E-state index in [0.29, 0.717) is 0 Å². The van der Waals surface area contributed by atoms with Crippen molar-refractivity contribution < 1.29 is 4.52 Å². The van der Waals surface area contributed by atoms with Crippen molar-refractivity contribution in [3.63, 3.8) is 0 Å². The number of benzene rings is 1. The molecule has 6 heteroatoms. The Kier molecular flexibility index (Phi) is 1.85. The van der Waals surface area contributed by atoms with Crippen molar-refractivity contribution in [2.24, 2.45) is 7.05 Å². The van der Waals surface area contributed by atoms with Crippen molar-refractivity contribution in [1.29, 1.82) is 0 Å². The van der Waals surface area contributed by atoms with E-state index >= 15 is 0 Å². The molecule has 86 valence electrons. The fraction of sp³-hybridized carbons (Fsp3) is 0.0909. The normalized spacial score (nSPS) is 11.1. The summed E-state index contributed by atoms with van der Waals surface area (Å²) in [7, 11) is 1.72. The fourth-order valence-corrected chi connectivity index (χ4v) is 1.87. The topological polar surface area (TPSA) is 89.8 Å². The average molecular weight is 230 g/mol. The third-order valence-corrected chi connectivity index (χ3v) is 2.81. The van der Waals surface area contributed by atoms with E-state index in [2.05, 4.69) is 10.1 Å². The number of imidazole rings is 1. The number of fused-ring (bicyclic) bond motifs is 1. The molecule has 3 aromatic rings. The molecule has 0 spiro atoms. The summed E-state index contributed by atoms with van der Waals surface area (Å²) in [6.45, 7) is 0. The van der Waals surface area contributed by atoms with Gasteiger partial charge in [-0.2, -0.15) is 0 Å². The van der Waals surface area contributed by atoms with E-state index in [1.165, 1.54) is 0 Å². The molecule has 0 bridgehead atoms. The number of nitrogens with zero attached hydrogens (tertiary/aromatic N) is 2. The van der Waals surface area contributed by atoms with Crippen LogP contribution >= 0.6 is 0 Å². The van der Waals surface area contributed by atoms with Gasteiger partial charge in [0.05, 0.1) is 22.8 Å². The number of H-pyrrole nitrogens is 1. The minimum Gasteiger partial charge on any atom is -0.367 e. The van der Waals surface area contributed by atoms with Crippen LogP contribution in [0.15, 0.2) is 33.7 Å². The van der Waals surface area contributed by atoms with Gasteiger partial charge in [0.1, 0.15) is 0 Å². The van der Waals surface area contributed by atoms with E-state index < -0.39 is 0 Å². The van der Waals surface area contributed by atoms with E-state index in [0.717, 1.165) is 22.2 Å². The molecule has 0 saturated carbocycles. The lowest BCUT2D eigenvalue weighted by Gasteiger charge is -1.98. The maximum Gasteiger partial charge on any atom is 0.326 e. The van der Waals surface area contributed by atoms with Crippen LogP contribution in [0.1, 0.15) is 0 Å². The largest absolute Gasteiger partial charge is 0.367 e. The lowest BCUT2D eigenvalue weighted by atomic mass is 10.1. The second-order valence-corrected chi connectivity index (χ2v) is 3.82. The van der Waals surface area contributed by atoms with Crippen LogP contribution in [0.2, 0.25) is 0 Å². The van der Waals surface area contributed by atoms with Crippen LogP contribution in [-0.4, -0.2) is 14.7 Å². The van der Waals surface area contributed by atoms with Gasteiger partial charge in [0.25, 0.3) is 0 Å². The molecule has 0 aliphatic heterocycles. The summed E-state index contributed by atoms with van der Waals surface area (Å²) in [5, 5.41) is 3.62. The molecule has 0 fully saturated rings. The van der Waals surface area contributed by atoms with Gasteiger partial charge in [-0.1, -0.05) is 11.2 Å². The van der Waals surface area contributed by atoms with Crippen LogP contribution in [0.5, 0.6) is 0 Å². The van der Waals surface area contributed by atoms with E-state index in [9.17, 15) is 4.79 Å². The van der Waals surface area contributed by atoms with E-state index in [-0.39, 0.29) is 11.6 Å². The molecule has 0 atom stereocenters. The van der Waals surface area contributed by atoms with Gasteiger partial charge in [0.15, 0.2) is 0 Å². The maximum atomic E-state index is 11.5. The highest BCUT2D eigenvalue weighted by Crippen LogP contribution is 2.27. The fourth-order valence-electron chi connectivity index (χ4n) is 1.87. The summed E-state index contributed by atoms with van der Waals surface area (Å²) < 4.78 is 6.36. The molecule has 0 aliphatic carbocycles. The Hall–Kier alpha value is -2.50. The maximum absolute atomic E-state index is 11.5. The first-order chi connectivity index (χ1) is 8.16. The first-order valence-electron chi connectivity index (χ1n) is 5.06. The third kappa shape index (κ3) is 1.34. The first-order valence-corrected chi connectivity index (χ1v) is 5.06. The smallest absolute Gasteiger partial charge is 0.326 e. The molecular formula is C11H10N4O2. The Morgan fingerprint density at radius 1 is 1.47 bits per heavy atom. The molecule has 3 rings (SSSR count). The molecular weight excluding hydrogens is 220 g/mol. The van der Waals surface area contributed by atoms with Crippen molar-refractivity contribution in [2.45, 2.75) is 0 Å². The lowest BCUT2D eigenvalue weighted by Crippen LogP contribution is -2.11. The molecule has 0 saturated heterocycles. The minimum absolute atomic E-state index is 0.143. The highest BCUT2D eigenvalue weighted by atomic mass is 16.5. The first kappa shape index (κ1) is 9.71. The van der Waals surface area contributed by atoms with Crippen LogP contribution in [0.4, 0.5) is 5.88 Å². The van der Waals surface area contributed by atoms with Crippen molar-refractivity contribution in [3.8, 4) is 11.1 Å². The zero-order valence-electron chi connectivity index (χ0n) is 9.10. The van der Waals surface area contributed by atoms with Crippen LogP contribution in [0.3, 0.4) is 0 Å². The Balaban J connectivity index is 2.27. The highest BCUT2D eigenvalue weighted by molar-refractivity contribution is 5.84. The molecule has 1 aromatic carbocycles. The number of hydrogen-bond acceptors (Lipinski definition) is 4. The quantitative estimate of drug-likeness (QED) is 0.655. The number of rotatable bonds is 1. The lowest BCUT2D eigenvalue weighted by molar-refractivity contribution is 0.436. The van der Waals surface area contributed by atoms with Crippen molar-refractivity contribution in [1.82, 2.24) is 14.7 Å². The summed E-state index contributed by atoms with van der Waals surface area (Å²) in [5.74, 6) is 0.266. The minimum atomic E-state index is -0.143. The highest BCUT2D eigenvalue weighted by Gasteiger charge is 2.09. The van der Waals surface area contributed by atoms with E-state index in [1.807, 2.05) is 18.2 Å². The van der Waals surface area contributed by atoms with Gasteiger partial charge in [0.2, 0.25) is 5.88 Å². The molecule has 0 unspecified atom stereocenters. The molecule has 2 heterocycles. The molecule has 6 nitrogen and oxygen atoms in total. The van der Waals surface area contributed by atoms with E-state index in [4.69, 9.17) is 10.3 Å². The van der Waals surface area contributed by atoms with Gasteiger partial charge in [-0.15, -0.1) is 0 Å². The number of aryl methyl sites for hydroxylation is 1. The number of nitrogens with one attached hydrogen (secondary N) is 1. The molecule has 17 heavy (non-hydrogen) atoms. The number of anilines is 1. The Morgan fingerprint density at radius 2 is 2.29 bits per heavy atom. The van der Waals surface area contributed by atoms with E-state index in [1.54, 1.807) is 17.8 Å². The second kappa shape index (κ2) is 3.24. The standard InChI is InChI=1S/C11H10N4O2/c1-15-9-3-2-6(4-8(9)14-11(15)16)7-5-13-17-10(7)12/h2-5H,12H2,1H3,(H,14,16). The molecule has 0 aliphatic rings. The number of aromatic nitrogens is 3. The second-order valence-electron chi connectivity index (χ2n) is 3.82. The van der Waals surface area contributed by atoms with Crippen LogP contribution < -0.4 is 11.4 Å². The van der Waals surface area contributed by atoms with Crippen LogP contribution in [0, 0.1) is 0 Å². The summed E-state index contributed by atoms with van der Waals surface area (Å²) in [6, 6.07) is 5.58. The van der Waals surface area contributed by atoms with Crippen LogP contribution in [-0.2, 0) is 7.05 Å². The summed E-state index contributed by atoms with van der Waals surface area (Å²) >= 11 is 0. The predicted octanol–water partition coefficient (Wildman–Crippen LogP) is 1.10. The zero-order chi connectivity index (χ0) is 12.0. The number of nitrogens with two attached hydrogens (primary N) is 1. The SMILES string of the molecule is Cn1c(=O)[nH]c2cc(-c3cnoc3N)ccc21. The third-order valence-electron chi connectivity index (χ3n) is 2.81. The average Bonchev–Trinajstić information content (AvgIpc) is 2.84. The molecule has 3 N–H and O–H groups in total. The number of hydrogen-bond donors (Lipinski definition) is 2. The van der Waals surface area contributed by atoms with Crippen molar-refractivity contribution in [3.05, 3.63) is 34.9 Å². The number of aromatic amines is 1. The molecule has 0 amide bonds. The van der Waals surface area contributed by atoms with Gasteiger partial charge in [-0.05, 0) is 17.7 Å². The van der Waals surface area contributed by atoms with Crippen molar-refractivity contribution >= 4 is 16.9 Å². The van der Waals surface area contributed by atoms with Gasteiger partial charge in [0, 0.05) is 7.05 Å². The van der Waals surface area contributed by atoms with Gasteiger partial charge in [-0.3, -0.25) is 4.57 Å². The number of nitrogen functional groups attached to an aromatic ring is 1. The summed E-state index contributed by atoms with van der Waals surface area (Å²) in [4.78, 5) is 14.2. The molecule has 2 aromatic heterocycles. The van der Waals surface area contributed by atoms with Gasteiger partial charge >= 0.3 is 5.69 Å². The Labute approximate surface area is 95.6 Å². The van der Waals surface area contributed by atoms with Gasteiger partial charge in [-0.25, -0.2) is 4.79 Å². The summed E-state index contributed by atoms with van der Waals surface area (Å²) in [6.07, 6.45) is 1.55. The van der Waals surface area contributed by atoms with Gasteiger partial charge < -0.3 is 15.2 Å². The monoisotopic (exact) mass is 230 g/mol. The predicted molar refractivity (Wildman–Crippen MR) is 63.4 cm³/mol. The zero-order valence-corrected chi connectivity index (χ0v) is 9.10. The van der Waals surface area contributed by atoms with Crippen LogP contribution in [0.25, 0.3) is 22.2 Å².